The molecule has 1 heterocycles. The van der Waals surface area contributed by atoms with E-state index in [1.165, 1.54) is 54.9 Å². The molecular formula is C49H35N3. The van der Waals surface area contributed by atoms with Crippen molar-refractivity contribution in [2.24, 2.45) is 0 Å². The molecule has 8 aromatic carbocycles. The van der Waals surface area contributed by atoms with Crippen LogP contribution in [-0.4, -0.2) is 15.0 Å². The maximum absolute atomic E-state index is 5.44. The van der Waals surface area contributed by atoms with Gasteiger partial charge in [-0.25, -0.2) is 15.0 Å². The van der Waals surface area contributed by atoms with E-state index in [0.717, 1.165) is 33.0 Å². The summed E-state index contributed by atoms with van der Waals surface area (Å²) in [6.45, 7) is 6.76. The molecule has 10 rings (SSSR count). The summed E-state index contributed by atoms with van der Waals surface area (Å²) in [5.41, 5.74) is 11.6. The normalized spacial score (nSPS) is 13.1. The molecule has 1 aromatic heterocycles. The fraction of sp³-hybridized carbons (Fsp3) is 0.0816. The molecule has 0 atom stereocenters. The summed E-state index contributed by atoms with van der Waals surface area (Å²) in [5, 5.41) is 6.96. The van der Waals surface area contributed by atoms with Crippen LogP contribution in [0.25, 0.3) is 88.7 Å². The van der Waals surface area contributed by atoms with Crippen LogP contribution in [0.4, 0.5) is 0 Å². The molecule has 0 amide bonds. The van der Waals surface area contributed by atoms with Crippen LogP contribution in [0.2, 0.25) is 0 Å². The van der Waals surface area contributed by atoms with Gasteiger partial charge in [-0.15, -0.1) is 0 Å². The first-order chi connectivity index (χ1) is 25.5. The lowest BCUT2D eigenvalue weighted by molar-refractivity contribution is 0.660. The minimum Gasteiger partial charge on any atom is -0.208 e. The molecule has 0 saturated carbocycles. The van der Waals surface area contributed by atoms with E-state index < -0.39 is 0 Å². The Hall–Kier alpha value is -6.45. The van der Waals surface area contributed by atoms with Gasteiger partial charge in [-0.05, 0) is 78.9 Å². The Morgan fingerprint density at radius 1 is 0.404 bits per heavy atom. The number of nitrogens with zero attached hydrogens (tertiary/aromatic N) is 3. The summed E-state index contributed by atoms with van der Waals surface area (Å²) in [5.74, 6) is 2.01. The lowest BCUT2D eigenvalue weighted by atomic mass is 9.82. The lowest BCUT2D eigenvalue weighted by Gasteiger charge is -2.22. The van der Waals surface area contributed by atoms with Gasteiger partial charge in [0.05, 0.1) is 0 Å². The number of rotatable bonds is 4. The quantitative estimate of drug-likeness (QED) is 0.139. The van der Waals surface area contributed by atoms with E-state index in [4.69, 9.17) is 15.0 Å². The Morgan fingerprint density at radius 3 is 1.83 bits per heavy atom. The van der Waals surface area contributed by atoms with Gasteiger partial charge in [0.15, 0.2) is 17.5 Å². The number of fused-ring (bicyclic) bond motifs is 7. The number of aromatic nitrogens is 3. The van der Waals surface area contributed by atoms with E-state index in [0.29, 0.717) is 17.5 Å². The third-order valence-corrected chi connectivity index (χ3v) is 11.1. The number of benzene rings is 8. The summed E-state index contributed by atoms with van der Waals surface area (Å²) in [4.78, 5) is 16.1. The summed E-state index contributed by atoms with van der Waals surface area (Å²) in [7, 11) is 0. The van der Waals surface area contributed by atoms with Crippen LogP contribution in [0.5, 0.6) is 0 Å². The molecule has 246 valence electrons. The van der Waals surface area contributed by atoms with Crippen molar-refractivity contribution >= 4 is 32.3 Å². The fourth-order valence-electron chi connectivity index (χ4n) is 8.50. The second kappa shape index (κ2) is 11.5. The molecular weight excluding hydrogens is 631 g/mol. The van der Waals surface area contributed by atoms with Crippen molar-refractivity contribution in [3.63, 3.8) is 0 Å². The average molecular weight is 666 g/mol. The minimum absolute atomic E-state index is 0.144. The lowest BCUT2D eigenvalue weighted by Crippen LogP contribution is -2.15. The van der Waals surface area contributed by atoms with Crippen LogP contribution in [0.3, 0.4) is 0 Å². The molecule has 9 aromatic rings. The van der Waals surface area contributed by atoms with Crippen molar-refractivity contribution in [2.75, 3.05) is 0 Å². The standard InChI is InChI=1S/C49H35N3/c1-30-15-7-9-19-34(30)47-50-46(33-26-27-37-36-21-13-14-24-41(36)49(2,3)42(37)29-33)51-48(52-47)45-39-23-12-11-22-38(39)43(32-17-5-4-6-18-32)40-28-25-31-16-8-10-20-35(31)44(40)45/h4-29H,1-3H3. The van der Waals surface area contributed by atoms with E-state index >= 15 is 0 Å². The third kappa shape index (κ3) is 4.56. The Morgan fingerprint density at radius 2 is 1.02 bits per heavy atom. The van der Waals surface area contributed by atoms with Crippen LogP contribution < -0.4 is 0 Å². The molecule has 0 radical (unpaired) electrons. The molecule has 0 unspecified atom stereocenters. The molecule has 3 nitrogen and oxygen atoms in total. The molecule has 1 aliphatic carbocycles. The molecule has 0 N–H and O–H groups in total. The van der Waals surface area contributed by atoms with Crippen LogP contribution in [0.15, 0.2) is 158 Å². The SMILES string of the molecule is Cc1ccccc1-c1nc(-c2ccc3c(c2)C(C)(C)c2ccccc2-3)nc(-c2c3ccccc3c(-c3ccccc3)c3ccc4ccccc4c23)n1. The zero-order valence-corrected chi connectivity index (χ0v) is 29.4. The second-order valence-electron chi connectivity index (χ2n) is 14.4. The van der Waals surface area contributed by atoms with Gasteiger partial charge < -0.3 is 0 Å². The summed E-state index contributed by atoms with van der Waals surface area (Å²) < 4.78 is 0. The third-order valence-electron chi connectivity index (χ3n) is 11.1. The molecule has 0 fully saturated rings. The van der Waals surface area contributed by atoms with Crippen LogP contribution >= 0.6 is 0 Å². The average Bonchev–Trinajstić information content (AvgIpc) is 3.42. The van der Waals surface area contributed by atoms with Gasteiger partial charge in [0, 0.05) is 27.5 Å². The number of hydrogen-bond donors (Lipinski definition) is 0. The van der Waals surface area contributed by atoms with Gasteiger partial charge in [-0.1, -0.05) is 166 Å². The highest BCUT2D eigenvalue weighted by atomic mass is 15.0. The number of hydrogen-bond acceptors (Lipinski definition) is 3. The van der Waals surface area contributed by atoms with E-state index in [1.807, 2.05) is 0 Å². The van der Waals surface area contributed by atoms with Gasteiger partial charge in [-0.3, -0.25) is 0 Å². The highest BCUT2D eigenvalue weighted by Gasteiger charge is 2.35. The highest BCUT2D eigenvalue weighted by molar-refractivity contribution is 6.27. The van der Waals surface area contributed by atoms with Crippen molar-refractivity contribution < 1.29 is 0 Å². The van der Waals surface area contributed by atoms with Gasteiger partial charge in [0.25, 0.3) is 0 Å². The van der Waals surface area contributed by atoms with Crippen molar-refractivity contribution in [3.8, 4) is 56.4 Å². The molecule has 0 aliphatic heterocycles. The number of aryl methyl sites for hydroxylation is 1. The maximum Gasteiger partial charge on any atom is 0.165 e. The van der Waals surface area contributed by atoms with E-state index in [1.54, 1.807) is 0 Å². The molecule has 0 spiro atoms. The monoisotopic (exact) mass is 665 g/mol. The predicted octanol–water partition coefficient (Wildman–Crippen LogP) is 12.6. The predicted molar refractivity (Wildman–Crippen MR) is 216 cm³/mol. The second-order valence-corrected chi connectivity index (χ2v) is 14.4. The van der Waals surface area contributed by atoms with Crippen molar-refractivity contribution in [1.82, 2.24) is 15.0 Å². The van der Waals surface area contributed by atoms with Gasteiger partial charge >= 0.3 is 0 Å². The zero-order chi connectivity index (χ0) is 35.0. The maximum atomic E-state index is 5.44. The van der Waals surface area contributed by atoms with E-state index in [2.05, 4.69) is 178 Å². The molecule has 3 heteroatoms. The molecule has 1 aliphatic rings. The van der Waals surface area contributed by atoms with Gasteiger partial charge in [-0.2, -0.15) is 0 Å². The summed E-state index contributed by atoms with van der Waals surface area (Å²) >= 11 is 0. The summed E-state index contributed by atoms with van der Waals surface area (Å²) in [6, 6.07) is 56.5. The first-order valence-corrected chi connectivity index (χ1v) is 18.0. The van der Waals surface area contributed by atoms with Crippen molar-refractivity contribution in [1.29, 1.82) is 0 Å². The van der Waals surface area contributed by atoms with Crippen LogP contribution in [-0.2, 0) is 5.41 Å². The fourth-order valence-corrected chi connectivity index (χ4v) is 8.50. The topological polar surface area (TPSA) is 38.7 Å². The smallest absolute Gasteiger partial charge is 0.165 e. The largest absolute Gasteiger partial charge is 0.208 e. The Kier molecular flexibility index (Phi) is 6.74. The minimum atomic E-state index is -0.144. The van der Waals surface area contributed by atoms with Crippen molar-refractivity contribution in [2.45, 2.75) is 26.2 Å². The Bertz CT molecular complexity index is 2890. The molecule has 52 heavy (non-hydrogen) atoms. The molecule has 0 bridgehead atoms. The van der Waals surface area contributed by atoms with E-state index in [-0.39, 0.29) is 5.41 Å². The van der Waals surface area contributed by atoms with Crippen molar-refractivity contribution in [3.05, 3.63) is 174 Å². The zero-order valence-electron chi connectivity index (χ0n) is 29.4. The van der Waals surface area contributed by atoms with Gasteiger partial charge in [0.2, 0.25) is 0 Å². The first-order valence-electron chi connectivity index (χ1n) is 18.0. The first kappa shape index (κ1) is 30.4. The van der Waals surface area contributed by atoms with Crippen LogP contribution in [0, 0.1) is 6.92 Å². The Labute approximate surface area is 303 Å². The Balaban J connectivity index is 1.32. The molecule has 0 saturated heterocycles. The summed E-state index contributed by atoms with van der Waals surface area (Å²) in [6.07, 6.45) is 0. The van der Waals surface area contributed by atoms with Gasteiger partial charge in [0.1, 0.15) is 0 Å². The van der Waals surface area contributed by atoms with Crippen LogP contribution in [0.1, 0.15) is 30.5 Å². The van der Waals surface area contributed by atoms with E-state index in [9.17, 15) is 0 Å². The highest BCUT2D eigenvalue weighted by Crippen LogP contribution is 2.50.